The quantitative estimate of drug-likeness (QED) is 0.676. The lowest BCUT2D eigenvalue weighted by molar-refractivity contribution is 0.124. The Hall–Kier alpha value is -0.0800. The molecule has 1 atom stereocenters. The van der Waals surface area contributed by atoms with E-state index >= 15 is 0 Å². The van der Waals surface area contributed by atoms with Crippen molar-refractivity contribution in [2.75, 3.05) is 6.54 Å². The Balaban J connectivity index is 2.11. The first-order chi connectivity index (χ1) is 5.83. The SMILES string of the molecule is NCCC(O)CC1CCCCC1. The van der Waals surface area contributed by atoms with Gasteiger partial charge >= 0.3 is 0 Å². The van der Waals surface area contributed by atoms with Crippen LogP contribution < -0.4 is 5.73 Å². The molecule has 1 aliphatic rings. The number of hydrogen-bond acceptors (Lipinski definition) is 2. The largest absolute Gasteiger partial charge is 0.393 e. The fourth-order valence-corrected chi connectivity index (χ4v) is 2.12. The Kier molecular flexibility index (Phi) is 4.62. The summed E-state index contributed by atoms with van der Waals surface area (Å²) in [5.41, 5.74) is 5.37. The van der Waals surface area contributed by atoms with E-state index < -0.39 is 0 Å². The Labute approximate surface area is 75.2 Å². The molecule has 0 amide bonds. The average Bonchev–Trinajstić information content (AvgIpc) is 2.06. The second kappa shape index (κ2) is 5.55. The van der Waals surface area contributed by atoms with Gasteiger partial charge in [-0.3, -0.25) is 0 Å². The molecule has 0 spiro atoms. The molecule has 1 rings (SSSR count). The van der Waals surface area contributed by atoms with Crippen LogP contribution >= 0.6 is 0 Å². The van der Waals surface area contributed by atoms with Gasteiger partial charge < -0.3 is 10.8 Å². The van der Waals surface area contributed by atoms with Crippen molar-refractivity contribution in [1.29, 1.82) is 0 Å². The molecule has 1 unspecified atom stereocenters. The normalized spacial score (nSPS) is 22.5. The minimum Gasteiger partial charge on any atom is -0.393 e. The summed E-state index contributed by atoms with van der Waals surface area (Å²) in [6.07, 6.45) is 8.37. The van der Waals surface area contributed by atoms with Crippen LogP contribution in [0.25, 0.3) is 0 Å². The summed E-state index contributed by atoms with van der Waals surface area (Å²) in [5.74, 6) is 0.778. The van der Waals surface area contributed by atoms with Crippen LogP contribution in [-0.2, 0) is 0 Å². The lowest BCUT2D eigenvalue weighted by Crippen LogP contribution is -2.19. The molecular formula is C10H21NO. The zero-order valence-electron chi connectivity index (χ0n) is 7.84. The van der Waals surface area contributed by atoms with E-state index in [2.05, 4.69) is 0 Å². The highest BCUT2D eigenvalue weighted by molar-refractivity contribution is 4.69. The molecule has 0 aromatic rings. The molecule has 0 aliphatic heterocycles. The van der Waals surface area contributed by atoms with Gasteiger partial charge in [-0.05, 0) is 25.3 Å². The van der Waals surface area contributed by atoms with Gasteiger partial charge in [-0.25, -0.2) is 0 Å². The van der Waals surface area contributed by atoms with Crippen molar-refractivity contribution in [3.8, 4) is 0 Å². The standard InChI is InChI=1S/C10H21NO/c11-7-6-10(12)8-9-4-2-1-3-5-9/h9-10,12H,1-8,11H2. The van der Waals surface area contributed by atoms with Crippen LogP contribution in [0.3, 0.4) is 0 Å². The molecule has 72 valence electrons. The van der Waals surface area contributed by atoms with Crippen LogP contribution in [0.5, 0.6) is 0 Å². The van der Waals surface area contributed by atoms with E-state index in [-0.39, 0.29) is 6.10 Å². The van der Waals surface area contributed by atoms with Gasteiger partial charge in [-0.15, -0.1) is 0 Å². The third-order valence-corrected chi connectivity index (χ3v) is 2.83. The summed E-state index contributed by atoms with van der Waals surface area (Å²) in [6.45, 7) is 0.619. The molecular weight excluding hydrogens is 150 g/mol. The smallest absolute Gasteiger partial charge is 0.0554 e. The number of aliphatic hydroxyl groups is 1. The van der Waals surface area contributed by atoms with Crippen LogP contribution in [0, 0.1) is 5.92 Å². The summed E-state index contributed by atoms with van der Waals surface area (Å²) < 4.78 is 0. The maximum atomic E-state index is 9.52. The van der Waals surface area contributed by atoms with Crippen molar-refractivity contribution in [2.24, 2.45) is 11.7 Å². The Bertz CT molecular complexity index is 110. The van der Waals surface area contributed by atoms with Crippen LogP contribution in [-0.4, -0.2) is 17.8 Å². The Morgan fingerprint density at radius 3 is 2.50 bits per heavy atom. The monoisotopic (exact) mass is 171 g/mol. The zero-order chi connectivity index (χ0) is 8.81. The molecule has 0 aromatic carbocycles. The Morgan fingerprint density at radius 1 is 1.25 bits per heavy atom. The number of hydrogen-bond donors (Lipinski definition) is 2. The van der Waals surface area contributed by atoms with Gasteiger partial charge in [-0.1, -0.05) is 32.1 Å². The molecule has 1 saturated carbocycles. The zero-order valence-corrected chi connectivity index (χ0v) is 7.84. The molecule has 2 nitrogen and oxygen atoms in total. The van der Waals surface area contributed by atoms with Gasteiger partial charge in [0.1, 0.15) is 0 Å². The third-order valence-electron chi connectivity index (χ3n) is 2.83. The van der Waals surface area contributed by atoms with Crippen molar-refractivity contribution in [3.63, 3.8) is 0 Å². The van der Waals surface area contributed by atoms with Gasteiger partial charge in [0.2, 0.25) is 0 Å². The predicted molar refractivity (Wildman–Crippen MR) is 50.9 cm³/mol. The van der Waals surface area contributed by atoms with Crippen LogP contribution in [0.1, 0.15) is 44.9 Å². The van der Waals surface area contributed by atoms with Crippen molar-refractivity contribution >= 4 is 0 Å². The van der Waals surface area contributed by atoms with E-state index in [0.717, 1.165) is 18.8 Å². The summed E-state index contributed by atoms with van der Waals surface area (Å²) in [5, 5.41) is 9.52. The highest BCUT2D eigenvalue weighted by Crippen LogP contribution is 2.27. The first-order valence-corrected chi connectivity index (χ1v) is 5.21. The average molecular weight is 171 g/mol. The Morgan fingerprint density at radius 2 is 1.92 bits per heavy atom. The van der Waals surface area contributed by atoms with Crippen molar-refractivity contribution in [2.45, 2.75) is 51.0 Å². The van der Waals surface area contributed by atoms with E-state index in [9.17, 15) is 5.11 Å². The predicted octanol–water partition coefficient (Wildman–Crippen LogP) is 1.67. The fraction of sp³-hybridized carbons (Fsp3) is 1.00. The molecule has 0 aromatic heterocycles. The van der Waals surface area contributed by atoms with E-state index in [0.29, 0.717) is 6.54 Å². The summed E-state index contributed by atoms with van der Waals surface area (Å²) >= 11 is 0. The molecule has 1 fully saturated rings. The maximum Gasteiger partial charge on any atom is 0.0554 e. The highest BCUT2D eigenvalue weighted by atomic mass is 16.3. The molecule has 0 saturated heterocycles. The minimum absolute atomic E-state index is 0.141. The molecule has 1 aliphatic carbocycles. The van der Waals surface area contributed by atoms with Gasteiger partial charge in [0, 0.05) is 0 Å². The topological polar surface area (TPSA) is 46.2 Å². The molecule has 12 heavy (non-hydrogen) atoms. The van der Waals surface area contributed by atoms with Crippen LogP contribution in [0.2, 0.25) is 0 Å². The lowest BCUT2D eigenvalue weighted by Gasteiger charge is -2.23. The van der Waals surface area contributed by atoms with Gasteiger partial charge in [0.15, 0.2) is 0 Å². The van der Waals surface area contributed by atoms with Crippen molar-refractivity contribution in [3.05, 3.63) is 0 Å². The highest BCUT2D eigenvalue weighted by Gasteiger charge is 2.16. The number of nitrogens with two attached hydrogens (primary N) is 1. The van der Waals surface area contributed by atoms with E-state index in [1.54, 1.807) is 0 Å². The second-order valence-corrected chi connectivity index (χ2v) is 3.97. The van der Waals surface area contributed by atoms with Crippen LogP contribution in [0.15, 0.2) is 0 Å². The number of rotatable bonds is 4. The van der Waals surface area contributed by atoms with Crippen molar-refractivity contribution < 1.29 is 5.11 Å². The van der Waals surface area contributed by atoms with E-state index in [1.807, 2.05) is 0 Å². The summed E-state index contributed by atoms with van der Waals surface area (Å²) in [6, 6.07) is 0. The van der Waals surface area contributed by atoms with Gasteiger partial charge in [0.05, 0.1) is 6.10 Å². The van der Waals surface area contributed by atoms with E-state index in [1.165, 1.54) is 32.1 Å². The van der Waals surface area contributed by atoms with E-state index in [4.69, 9.17) is 5.73 Å². The minimum atomic E-state index is -0.141. The maximum absolute atomic E-state index is 9.52. The molecule has 2 heteroatoms. The third kappa shape index (κ3) is 3.55. The molecule has 0 heterocycles. The van der Waals surface area contributed by atoms with Gasteiger partial charge in [0.25, 0.3) is 0 Å². The van der Waals surface area contributed by atoms with Gasteiger partial charge in [-0.2, -0.15) is 0 Å². The summed E-state index contributed by atoms with van der Waals surface area (Å²) in [7, 11) is 0. The fourth-order valence-electron chi connectivity index (χ4n) is 2.12. The number of aliphatic hydroxyl groups excluding tert-OH is 1. The second-order valence-electron chi connectivity index (χ2n) is 3.97. The first-order valence-electron chi connectivity index (χ1n) is 5.21. The molecule has 0 radical (unpaired) electrons. The summed E-state index contributed by atoms with van der Waals surface area (Å²) in [4.78, 5) is 0. The van der Waals surface area contributed by atoms with Crippen molar-refractivity contribution in [1.82, 2.24) is 0 Å². The first kappa shape index (κ1) is 10.0. The molecule has 0 bridgehead atoms. The lowest BCUT2D eigenvalue weighted by atomic mass is 9.85. The van der Waals surface area contributed by atoms with Crippen LogP contribution in [0.4, 0.5) is 0 Å². The molecule has 3 N–H and O–H groups in total.